The van der Waals surface area contributed by atoms with Gasteiger partial charge in [-0.1, -0.05) is 18.5 Å². The highest BCUT2D eigenvalue weighted by molar-refractivity contribution is 7.99. The lowest BCUT2D eigenvalue weighted by molar-refractivity contribution is 0.0959. The van der Waals surface area contributed by atoms with Crippen LogP contribution >= 0.6 is 34.7 Å². The molecule has 1 unspecified atom stereocenters. The zero-order valence-corrected chi connectivity index (χ0v) is 13.1. The van der Waals surface area contributed by atoms with Crippen LogP contribution in [0.5, 0.6) is 0 Å². The van der Waals surface area contributed by atoms with E-state index in [0.29, 0.717) is 27.4 Å². The van der Waals surface area contributed by atoms with Gasteiger partial charge in [-0.3, -0.25) is 4.79 Å². The Bertz CT molecular complexity index is 612. The van der Waals surface area contributed by atoms with E-state index in [1.54, 1.807) is 23.9 Å². The average molecular weight is 315 g/mol. The lowest BCUT2D eigenvalue weighted by atomic mass is 10.2. The summed E-state index contributed by atoms with van der Waals surface area (Å²) in [5.74, 6) is -0.115. The number of carbonyl (C=O) groups excluding carboxylic acids is 1. The van der Waals surface area contributed by atoms with Gasteiger partial charge in [0.15, 0.2) is 0 Å². The van der Waals surface area contributed by atoms with Gasteiger partial charge in [-0.2, -0.15) is 11.8 Å². The summed E-state index contributed by atoms with van der Waals surface area (Å²) in [6, 6.07) is 5.49. The number of hydrogen-bond donors (Lipinski definition) is 2. The molecule has 0 fully saturated rings. The van der Waals surface area contributed by atoms with E-state index in [9.17, 15) is 4.79 Å². The van der Waals surface area contributed by atoms with Crippen molar-refractivity contribution >= 4 is 56.4 Å². The minimum Gasteiger partial charge on any atom is -0.397 e. The predicted molar refractivity (Wildman–Crippen MR) is 86.6 cm³/mol. The van der Waals surface area contributed by atoms with Crippen molar-refractivity contribution in [2.75, 3.05) is 18.5 Å². The molecule has 3 nitrogen and oxygen atoms in total. The Morgan fingerprint density at radius 3 is 3.00 bits per heavy atom. The molecule has 1 aromatic carbocycles. The molecule has 3 N–H and O–H groups in total. The number of benzene rings is 1. The molecule has 0 spiro atoms. The second-order valence-corrected chi connectivity index (χ2v) is 7.01. The van der Waals surface area contributed by atoms with E-state index in [-0.39, 0.29) is 5.91 Å². The third-order valence-corrected chi connectivity index (χ3v) is 5.24. The number of nitrogens with one attached hydrogen (secondary N) is 1. The molecule has 0 aliphatic heterocycles. The first-order valence-electron chi connectivity index (χ1n) is 5.81. The molecule has 102 valence electrons. The van der Waals surface area contributed by atoms with E-state index in [1.165, 1.54) is 11.3 Å². The largest absolute Gasteiger partial charge is 0.397 e. The first-order chi connectivity index (χ1) is 9.02. The van der Waals surface area contributed by atoms with Gasteiger partial charge in [0.25, 0.3) is 5.91 Å². The normalized spacial score (nSPS) is 12.6. The third-order valence-electron chi connectivity index (χ3n) is 2.85. The van der Waals surface area contributed by atoms with Crippen LogP contribution in [0.3, 0.4) is 0 Å². The molecule has 1 aromatic heterocycles. The summed E-state index contributed by atoms with van der Waals surface area (Å²) in [4.78, 5) is 12.7. The number of thioether (sulfide) groups is 1. The number of amides is 1. The van der Waals surface area contributed by atoms with Crippen LogP contribution in [-0.4, -0.2) is 24.0 Å². The van der Waals surface area contributed by atoms with Crippen LogP contribution in [-0.2, 0) is 0 Å². The third kappa shape index (κ3) is 3.16. The van der Waals surface area contributed by atoms with Crippen LogP contribution in [0.2, 0.25) is 5.02 Å². The minimum atomic E-state index is -0.115. The summed E-state index contributed by atoms with van der Waals surface area (Å²) in [5.41, 5.74) is 6.54. The van der Waals surface area contributed by atoms with Crippen molar-refractivity contribution in [3.8, 4) is 0 Å². The molecule has 2 rings (SSSR count). The molecule has 1 atom stereocenters. The highest BCUT2D eigenvalue weighted by atomic mass is 35.5. The lowest BCUT2D eigenvalue weighted by Gasteiger charge is -2.09. The maximum absolute atomic E-state index is 12.1. The van der Waals surface area contributed by atoms with E-state index in [0.717, 1.165) is 10.1 Å². The summed E-state index contributed by atoms with van der Waals surface area (Å²) in [5, 5.41) is 4.76. The van der Waals surface area contributed by atoms with Crippen molar-refractivity contribution in [2.45, 2.75) is 12.2 Å². The molecule has 0 saturated carbocycles. The fourth-order valence-corrected chi connectivity index (χ4v) is 3.10. The monoisotopic (exact) mass is 314 g/mol. The van der Waals surface area contributed by atoms with E-state index in [2.05, 4.69) is 12.2 Å². The standard InChI is InChI=1S/C13H15ClN2OS2/c1-7(18-2)6-16-13(17)12-11(15)9-5-8(14)3-4-10(9)19-12/h3-5,7H,6,15H2,1-2H3,(H,16,17). The lowest BCUT2D eigenvalue weighted by Crippen LogP contribution is -2.29. The molecule has 0 aliphatic rings. The van der Waals surface area contributed by atoms with Crippen molar-refractivity contribution in [1.82, 2.24) is 5.32 Å². The van der Waals surface area contributed by atoms with Crippen LogP contribution < -0.4 is 11.1 Å². The maximum atomic E-state index is 12.1. The number of nitrogen functional groups attached to an aromatic ring is 1. The Labute approximate surface area is 125 Å². The number of anilines is 1. The van der Waals surface area contributed by atoms with Crippen LogP contribution in [0, 0.1) is 0 Å². The maximum Gasteiger partial charge on any atom is 0.263 e. The number of carbonyl (C=O) groups is 1. The van der Waals surface area contributed by atoms with E-state index < -0.39 is 0 Å². The summed E-state index contributed by atoms with van der Waals surface area (Å²) < 4.78 is 0.977. The SMILES string of the molecule is CSC(C)CNC(=O)c1sc2ccc(Cl)cc2c1N. The number of rotatable bonds is 4. The average Bonchev–Trinajstić information content (AvgIpc) is 2.73. The van der Waals surface area contributed by atoms with Crippen LogP contribution in [0.4, 0.5) is 5.69 Å². The molecule has 6 heteroatoms. The summed E-state index contributed by atoms with van der Waals surface area (Å²) in [7, 11) is 0. The molecular formula is C13H15ClN2OS2. The van der Waals surface area contributed by atoms with Crippen molar-refractivity contribution in [3.05, 3.63) is 28.1 Å². The molecule has 19 heavy (non-hydrogen) atoms. The summed E-state index contributed by atoms with van der Waals surface area (Å²) in [6.07, 6.45) is 2.02. The molecule has 1 amide bonds. The number of nitrogens with two attached hydrogens (primary N) is 1. The Balaban J connectivity index is 2.25. The van der Waals surface area contributed by atoms with Gasteiger partial charge < -0.3 is 11.1 Å². The van der Waals surface area contributed by atoms with Gasteiger partial charge in [0.1, 0.15) is 4.88 Å². The number of fused-ring (bicyclic) bond motifs is 1. The van der Waals surface area contributed by atoms with Gasteiger partial charge in [-0.15, -0.1) is 11.3 Å². The van der Waals surface area contributed by atoms with Gasteiger partial charge >= 0.3 is 0 Å². The van der Waals surface area contributed by atoms with Crippen molar-refractivity contribution < 1.29 is 4.79 Å². The van der Waals surface area contributed by atoms with Gasteiger partial charge in [-0.05, 0) is 24.5 Å². The Morgan fingerprint density at radius 1 is 1.58 bits per heavy atom. The number of hydrogen-bond acceptors (Lipinski definition) is 4. The smallest absolute Gasteiger partial charge is 0.263 e. The van der Waals surface area contributed by atoms with Crippen LogP contribution in [0.15, 0.2) is 18.2 Å². The molecule has 0 saturated heterocycles. The molecule has 0 radical (unpaired) electrons. The summed E-state index contributed by atoms with van der Waals surface area (Å²) >= 11 is 9.06. The first-order valence-corrected chi connectivity index (χ1v) is 8.29. The molecule has 0 bridgehead atoms. The first kappa shape index (κ1) is 14.5. The van der Waals surface area contributed by atoms with Crippen LogP contribution in [0.25, 0.3) is 10.1 Å². The highest BCUT2D eigenvalue weighted by Gasteiger charge is 2.16. The van der Waals surface area contributed by atoms with E-state index in [4.69, 9.17) is 17.3 Å². The molecule has 2 aromatic rings. The van der Waals surface area contributed by atoms with Gasteiger partial charge in [0, 0.05) is 26.9 Å². The second kappa shape index (κ2) is 6.03. The van der Waals surface area contributed by atoms with E-state index in [1.807, 2.05) is 12.3 Å². The molecule has 1 heterocycles. The van der Waals surface area contributed by atoms with Crippen LogP contribution in [0.1, 0.15) is 16.6 Å². The minimum absolute atomic E-state index is 0.115. The fourth-order valence-electron chi connectivity index (χ4n) is 1.66. The van der Waals surface area contributed by atoms with Crippen molar-refractivity contribution in [2.24, 2.45) is 0 Å². The quantitative estimate of drug-likeness (QED) is 0.906. The Hall–Kier alpha value is -0.910. The van der Waals surface area contributed by atoms with Gasteiger partial charge in [-0.25, -0.2) is 0 Å². The summed E-state index contributed by atoms with van der Waals surface area (Å²) in [6.45, 7) is 2.70. The topological polar surface area (TPSA) is 55.1 Å². The zero-order chi connectivity index (χ0) is 14.0. The fraction of sp³-hybridized carbons (Fsp3) is 0.308. The number of halogens is 1. The molecule has 0 aliphatic carbocycles. The highest BCUT2D eigenvalue weighted by Crippen LogP contribution is 2.35. The van der Waals surface area contributed by atoms with Crippen molar-refractivity contribution in [3.63, 3.8) is 0 Å². The van der Waals surface area contributed by atoms with Crippen molar-refractivity contribution in [1.29, 1.82) is 0 Å². The Morgan fingerprint density at radius 2 is 2.32 bits per heavy atom. The predicted octanol–water partition coefficient (Wildman–Crippen LogP) is 3.62. The Kier molecular flexibility index (Phi) is 4.60. The molecular weight excluding hydrogens is 300 g/mol. The number of thiophene rings is 1. The van der Waals surface area contributed by atoms with Gasteiger partial charge in [0.2, 0.25) is 0 Å². The zero-order valence-electron chi connectivity index (χ0n) is 10.7. The second-order valence-electron chi connectivity index (χ2n) is 4.24. The van der Waals surface area contributed by atoms with Gasteiger partial charge in [0.05, 0.1) is 5.69 Å². The van der Waals surface area contributed by atoms with E-state index >= 15 is 0 Å².